The average Bonchev–Trinajstić information content (AvgIpc) is 3.22. The number of hydrogen-bond donors (Lipinski definition) is 0. The van der Waals surface area contributed by atoms with Crippen molar-refractivity contribution in [3.63, 3.8) is 0 Å². The van der Waals surface area contributed by atoms with Crippen LogP contribution >= 0.6 is 0 Å². The van der Waals surface area contributed by atoms with Crippen molar-refractivity contribution < 1.29 is 22.4 Å². The number of rotatable bonds is 5. The number of furan rings is 1. The van der Waals surface area contributed by atoms with Gasteiger partial charge in [-0.15, -0.1) is 0 Å². The van der Waals surface area contributed by atoms with E-state index in [0.717, 1.165) is 11.1 Å². The predicted octanol–water partition coefficient (Wildman–Crippen LogP) is 4.16. The molecule has 7 heteroatoms. The van der Waals surface area contributed by atoms with Crippen LogP contribution < -0.4 is 0 Å². The molecule has 3 aromatic rings. The van der Waals surface area contributed by atoms with E-state index in [1.165, 1.54) is 17.5 Å². The van der Waals surface area contributed by atoms with Crippen molar-refractivity contribution in [3.8, 4) is 0 Å². The zero-order valence-electron chi connectivity index (χ0n) is 17.4. The molecule has 0 N–H and O–H groups in total. The second-order valence-corrected chi connectivity index (χ2v) is 9.59. The Morgan fingerprint density at radius 2 is 1.77 bits per heavy atom. The third kappa shape index (κ3) is 3.60. The molecule has 0 aliphatic carbocycles. The van der Waals surface area contributed by atoms with Crippen LogP contribution in [0.2, 0.25) is 0 Å². The monoisotopic (exact) mass is 437 g/mol. The minimum atomic E-state index is -3.83. The maximum atomic E-state index is 13.6. The first-order valence-electron chi connectivity index (χ1n) is 9.82. The van der Waals surface area contributed by atoms with Gasteiger partial charge in [0.25, 0.3) is 0 Å². The van der Waals surface area contributed by atoms with E-state index in [2.05, 4.69) is 6.58 Å². The Balaban J connectivity index is 1.90. The van der Waals surface area contributed by atoms with Crippen LogP contribution in [0, 0.1) is 6.92 Å². The van der Waals surface area contributed by atoms with Crippen molar-refractivity contribution in [1.29, 1.82) is 0 Å². The lowest BCUT2D eigenvalue weighted by Gasteiger charge is -2.41. The number of benzene rings is 2. The fourth-order valence-electron chi connectivity index (χ4n) is 4.03. The molecule has 0 amide bonds. The van der Waals surface area contributed by atoms with Crippen LogP contribution in [0.3, 0.4) is 0 Å². The standard InChI is InChI=1S/C24H23NO5S/c1-17-9-11-22(12-10-17)31(27,28)25-15-20-13-14-29-23(20)24(16-25,18(2)30-19(3)26)21-7-5-4-6-8-21/h4-14H,2,15-16H2,1,3H3/t24-/m0/s1. The summed E-state index contributed by atoms with van der Waals surface area (Å²) in [5.74, 6) is 0.110. The Bertz CT molecular complexity index is 1230. The van der Waals surface area contributed by atoms with Gasteiger partial charge in [0.15, 0.2) is 0 Å². The SMILES string of the molecule is C=C(OC(C)=O)[C@]1(c2ccccc2)CN(S(=O)(=O)c2ccc(C)cc2)Cc2ccoc21. The molecule has 1 aliphatic rings. The van der Waals surface area contributed by atoms with Gasteiger partial charge in [-0.05, 0) is 30.7 Å². The van der Waals surface area contributed by atoms with E-state index in [1.807, 2.05) is 37.3 Å². The second kappa shape index (κ2) is 7.83. The number of fused-ring (bicyclic) bond motifs is 1. The van der Waals surface area contributed by atoms with E-state index < -0.39 is 21.4 Å². The second-order valence-electron chi connectivity index (χ2n) is 7.65. The van der Waals surface area contributed by atoms with Crippen LogP contribution in [0.25, 0.3) is 0 Å². The minimum Gasteiger partial charge on any atom is -0.468 e. The molecule has 0 saturated carbocycles. The first kappa shape index (κ1) is 21.1. The molecular weight excluding hydrogens is 414 g/mol. The average molecular weight is 438 g/mol. The van der Waals surface area contributed by atoms with E-state index >= 15 is 0 Å². The lowest BCUT2D eigenvalue weighted by Crippen LogP contribution is -2.49. The highest BCUT2D eigenvalue weighted by Gasteiger charge is 2.50. The minimum absolute atomic E-state index is 0.0140. The Morgan fingerprint density at radius 3 is 2.42 bits per heavy atom. The number of ether oxygens (including phenoxy) is 1. The van der Waals surface area contributed by atoms with Crippen LogP contribution in [0.4, 0.5) is 0 Å². The number of aryl methyl sites for hydroxylation is 1. The molecule has 2 aromatic carbocycles. The lowest BCUT2D eigenvalue weighted by atomic mass is 9.73. The molecule has 2 heterocycles. The first-order valence-corrected chi connectivity index (χ1v) is 11.3. The van der Waals surface area contributed by atoms with Gasteiger partial charge in [0.1, 0.15) is 16.9 Å². The number of esters is 1. The number of nitrogens with zero attached hydrogens (tertiary/aromatic N) is 1. The summed E-state index contributed by atoms with van der Waals surface area (Å²) < 4.78 is 39.8. The highest BCUT2D eigenvalue weighted by atomic mass is 32.2. The van der Waals surface area contributed by atoms with Crippen LogP contribution in [0.5, 0.6) is 0 Å². The summed E-state index contributed by atoms with van der Waals surface area (Å²) in [7, 11) is -3.83. The molecular formula is C24H23NO5S. The van der Waals surface area contributed by atoms with E-state index in [4.69, 9.17) is 9.15 Å². The van der Waals surface area contributed by atoms with Crippen molar-refractivity contribution in [2.75, 3.05) is 6.54 Å². The van der Waals surface area contributed by atoms with Crippen molar-refractivity contribution in [3.05, 3.63) is 102 Å². The third-order valence-corrected chi connectivity index (χ3v) is 7.37. The molecule has 0 fully saturated rings. The van der Waals surface area contributed by atoms with E-state index in [0.29, 0.717) is 11.3 Å². The van der Waals surface area contributed by atoms with Gasteiger partial charge in [-0.3, -0.25) is 4.79 Å². The summed E-state index contributed by atoms with van der Waals surface area (Å²) in [6, 6.07) is 17.7. The molecule has 4 rings (SSSR count). The normalized spacial score (nSPS) is 18.9. The molecule has 0 bridgehead atoms. The Labute approximate surface area is 181 Å². The van der Waals surface area contributed by atoms with Crippen LogP contribution in [-0.2, 0) is 31.5 Å². The summed E-state index contributed by atoms with van der Waals surface area (Å²) in [5.41, 5.74) is 1.21. The molecule has 6 nitrogen and oxygen atoms in total. The molecule has 0 radical (unpaired) electrons. The predicted molar refractivity (Wildman–Crippen MR) is 116 cm³/mol. The topological polar surface area (TPSA) is 76.8 Å². The summed E-state index contributed by atoms with van der Waals surface area (Å²) in [6.07, 6.45) is 1.52. The number of carbonyl (C=O) groups excluding carboxylic acids is 1. The molecule has 0 saturated heterocycles. The highest BCUT2D eigenvalue weighted by molar-refractivity contribution is 7.89. The van der Waals surface area contributed by atoms with E-state index in [-0.39, 0.29) is 23.7 Å². The maximum absolute atomic E-state index is 13.6. The molecule has 1 aliphatic heterocycles. The smallest absolute Gasteiger partial charge is 0.307 e. The van der Waals surface area contributed by atoms with Crippen LogP contribution in [0.15, 0.2) is 88.6 Å². The van der Waals surface area contributed by atoms with Crippen LogP contribution in [-0.4, -0.2) is 25.2 Å². The summed E-state index contributed by atoms with van der Waals surface area (Å²) in [6.45, 7) is 7.34. The fourth-order valence-corrected chi connectivity index (χ4v) is 5.48. The summed E-state index contributed by atoms with van der Waals surface area (Å²) >= 11 is 0. The zero-order chi connectivity index (χ0) is 22.2. The third-order valence-electron chi connectivity index (χ3n) is 5.56. The number of sulfonamides is 1. The van der Waals surface area contributed by atoms with Gasteiger partial charge in [0.05, 0.1) is 11.2 Å². The van der Waals surface area contributed by atoms with Gasteiger partial charge in [-0.2, -0.15) is 4.31 Å². The Morgan fingerprint density at radius 1 is 1.10 bits per heavy atom. The van der Waals surface area contributed by atoms with Gasteiger partial charge in [-0.1, -0.05) is 54.6 Å². The van der Waals surface area contributed by atoms with Crippen molar-refractivity contribution >= 4 is 16.0 Å². The van der Waals surface area contributed by atoms with Gasteiger partial charge < -0.3 is 9.15 Å². The molecule has 31 heavy (non-hydrogen) atoms. The molecule has 160 valence electrons. The molecule has 1 aromatic heterocycles. The van der Waals surface area contributed by atoms with Crippen LogP contribution in [0.1, 0.15) is 29.4 Å². The van der Waals surface area contributed by atoms with Crippen molar-refractivity contribution in [1.82, 2.24) is 4.31 Å². The maximum Gasteiger partial charge on any atom is 0.307 e. The van der Waals surface area contributed by atoms with Gasteiger partial charge >= 0.3 is 5.97 Å². The Hall–Kier alpha value is -3.16. The molecule has 0 unspecified atom stereocenters. The van der Waals surface area contributed by atoms with Gasteiger partial charge in [0.2, 0.25) is 10.0 Å². The number of hydrogen-bond acceptors (Lipinski definition) is 5. The molecule has 1 atom stereocenters. The lowest BCUT2D eigenvalue weighted by molar-refractivity contribution is -0.137. The van der Waals surface area contributed by atoms with Gasteiger partial charge in [0, 0.05) is 25.6 Å². The fraction of sp³-hybridized carbons (Fsp3) is 0.208. The Kier molecular flexibility index (Phi) is 5.33. The van der Waals surface area contributed by atoms with Crippen molar-refractivity contribution in [2.45, 2.75) is 30.7 Å². The number of carbonyl (C=O) groups is 1. The zero-order valence-corrected chi connectivity index (χ0v) is 18.2. The van der Waals surface area contributed by atoms with Gasteiger partial charge in [-0.25, -0.2) is 8.42 Å². The largest absolute Gasteiger partial charge is 0.468 e. The van der Waals surface area contributed by atoms with E-state index in [9.17, 15) is 13.2 Å². The quantitative estimate of drug-likeness (QED) is 0.443. The summed E-state index contributed by atoms with van der Waals surface area (Å²) in [4.78, 5) is 12.0. The summed E-state index contributed by atoms with van der Waals surface area (Å²) in [5, 5.41) is 0. The van der Waals surface area contributed by atoms with E-state index in [1.54, 1.807) is 30.3 Å². The highest BCUT2D eigenvalue weighted by Crippen LogP contribution is 2.46. The first-order chi connectivity index (χ1) is 14.7. The molecule has 0 spiro atoms. The van der Waals surface area contributed by atoms with Crippen molar-refractivity contribution in [2.24, 2.45) is 0 Å².